The molecule has 3 heterocycles. The van der Waals surface area contributed by atoms with Gasteiger partial charge in [0.05, 0.1) is 6.04 Å². The number of rotatable bonds is 9. The van der Waals surface area contributed by atoms with Crippen molar-refractivity contribution in [1.29, 1.82) is 0 Å². The van der Waals surface area contributed by atoms with Crippen LogP contribution in [0.5, 0.6) is 0 Å². The van der Waals surface area contributed by atoms with Gasteiger partial charge in [-0.1, -0.05) is 44.5 Å². The summed E-state index contributed by atoms with van der Waals surface area (Å²) in [5.41, 5.74) is 2.23. The summed E-state index contributed by atoms with van der Waals surface area (Å²) >= 11 is 6.24. The van der Waals surface area contributed by atoms with Crippen LogP contribution in [0, 0.1) is 12.3 Å². The van der Waals surface area contributed by atoms with Crippen LogP contribution in [0.4, 0.5) is 5.95 Å². The lowest BCUT2D eigenvalue weighted by Gasteiger charge is -2.23. The Morgan fingerprint density at radius 2 is 2.00 bits per heavy atom. The standard InChI is InChI=1S/C27H36ClN7O2.H2S/c1-18-13-30-26(32-21-8-10-37-11-9-21)34-24(18)35-15-23(31-17-35)25(36)33-22(14-29-16-27(2,3)4)19-6-5-7-20(28)12-19;/h5-7,12-13,15,17,21-22,29H,8-11,14,16H2,1-4H3,(H,33,36)(H,30,32,34);1H2/t22-;/m1./s1. The molecule has 0 bridgehead atoms. The summed E-state index contributed by atoms with van der Waals surface area (Å²) in [6, 6.07) is 7.56. The molecule has 3 aromatic rings. The first-order chi connectivity index (χ1) is 17.7. The average molecular weight is 560 g/mol. The number of hydrogen-bond acceptors (Lipinski definition) is 7. The van der Waals surface area contributed by atoms with Crippen LogP contribution < -0.4 is 16.0 Å². The quantitative estimate of drug-likeness (QED) is 0.356. The Labute approximate surface area is 236 Å². The second-order valence-corrected chi connectivity index (χ2v) is 11.1. The molecular formula is C27H38ClN7O2S. The molecule has 4 rings (SSSR count). The highest BCUT2D eigenvalue weighted by Gasteiger charge is 2.20. The van der Waals surface area contributed by atoms with Gasteiger partial charge in [0, 0.05) is 55.3 Å². The van der Waals surface area contributed by atoms with Crippen LogP contribution >= 0.6 is 25.1 Å². The van der Waals surface area contributed by atoms with Crippen LogP contribution in [-0.4, -0.2) is 57.8 Å². The van der Waals surface area contributed by atoms with Crippen molar-refractivity contribution < 1.29 is 9.53 Å². The van der Waals surface area contributed by atoms with Crippen molar-refractivity contribution in [2.75, 3.05) is 31.6 Å². The Morgan fingerprint density at radius 1 is 1.24 bits per heavy atom. The lowest BCUT2D eigenvalue weighted by Crippen LogP contribution is -2.38. The molecule has 1 fully saturated rings. The molecule has 1 amide bonds. The van der Waals surface area contributed by atoms with Crippen LogP contribution in [0.3, 0.4) is 0 Å². The minimum Gasteiger partial charge on any atom is -0.381 e. The van der Waals surface area contributed by atoms with Crippen molar-refractivity contribution in [3.63, 3.8) is 0 Å². The number of nitrogens with one attached hydrogen (secondary N) is 3. The Bertz CT molecular complexity index is 1210. The summed E-state index contributed by atoms with van der Waals surface area (Å²) in [5.74, 6) is 0.959. The van der Waals surface area contributed by atoms with E-state index in [9.17, 15) is 4.79 Å². The van der Waals surface area contributed by atoms with Crippen molar-refractivity contribution in [1.82, 2.24) is 30.2 Å². The Hall–Kier alpha value is -2.66. The van der Waals surface area contributed by atoms with Gasteiger partial charge < -0.3 is 20.7 Å². The van der Waals surface area contributed by atoms with Gasteiger partial charge in [-0.25, -0.2) is 9.97 Å². The van der Waals surface area contributed by atoms with Crippen LogP contribution in [-0.2, 0) is 4.74 Å². The predicted molar refractivity (Wildman–Crippen MR) is 156 cm³/mol. The zero-order chi connectivity index (χ0) is 26.4. The Kier molecular flexibility index (Phi) is 10.6. The molecule has 1 atom stereocenters. The number of anilines is 1. The van der Waals surface area contributed by atoms with E-state index in [2.05, 4.69) is 46.7 Å². The second kappa shape index (κ2) is 13.4. The molecule has 11 heteroatoms. The number of nitrogens with zero attached hydrogens (tertiary/aromatic N) is 4. The summed E-state index contributed by atoms with van der Waals surface area (Å²) in [7, 11) is 0. The Morgan fingerprint density at radius 3 is 2.71 bits per heavy atom. The van der Waals surface area contributed by atoms with Crippen LogP contribution in [0.15, 0.2) is 43.0 Å². The van der Waals surface area contributed by atoms with Gasteiger partial charge in [-0.3, -0.25) is 9.36 Å². The highest BCUT2D eigenvalue weighted by molar-refractivity contribution is 7.59. The molecular weight excluding hydrogens is 522 g/mol. The van der Waals surface area contributed by atoms with Crippen molar-refractivity contribution >= 4 is 37.0 Å². The van der Waals surface area contributed by atoms with E-state index < -0.39 is 0 Å². The van der Waals surface area contributed by atoms with Gasteiger partial charge in [0.15, 0.2) is 0 Å². The first-order valence-electron chi connectivity index (χ1n) is 12.7. The van der Waals surface area contributed by atoms with Gasteiger partial charge in [0.1, 0.15) is 17.8 Å². The van der Waals surface area contributed by atoms with E-state index in [1.54, 1.807) is 23.3 Å². The van der Waals surface area contributed by atoms with Gasteiger partial charge >= 0.3 is 0 Å². The van der Waals surface area contributed by atoms with Gasteiger partial charge in [0.2, 0.25) is 5.95 Å². The largest absolute Gasteiger partial charge is 0.381 e. The third-order valence-electron chi connectivity index (χ3n) is 6.12. The normalized spacial score (nSPS) is 15.0. The summed E-state index contributed by atoms with van der Waals surface area (Å²) < 4.78 is 7.19. The van der Waals surface area contributed by atoms with Gasteiger partial charge in [-0.05, 0) is 42.9 Å². The molecule has 1 saturated heterocycles. The fourth-order valence-electron chi connectivity index (χ4n) is 4.14. The molecule has 9 nitrogen and oxygen atoms in total. The molecule has 1 aliphatic heterocycles. The fourth-order valence-corrected chi connectivity index (χ4v) is 4.34. The number of carbonyl (C=O) groups excluding carboxylic acids is 1. The molecule has 0 saturated carbocycles. The first-order valence-corrected chi connectivity index (χ1v) is 13.0. The highest BCUT2D eigenvalue weighted by Crippen LogP contribution is 2.20. The number of ether oxygens (including phenoxy) is 1. The number of aromatic nitrogens is 4. The van der Waals surface area contributed by atoms with E-state index in [0.717, 1.165) is 43.7 Å². The molecule has 1 aliphatic rings. The minimum atomic E-state index is -0.270. The van der Waals surface area contributed by atoms with Gasteiger partial charge in [-0.2, -0.15) is 18.5 Å². The SMILES string of the molecule is Cc1cnc(NC2CCOCC2)nc1-n1cnc(C(=O)N[C@H](CNCC(C)(C)C)c2cccc(Cl)c2)c1.S. The Balaban J connectivity index is 0.00000400. The molecule has 206 valence electrons. The van der Waals surface area contributed by atoms with Crippen LogP contribution in [0.25, 0.3) is 5.82 Å². The third kappa shape index (κ3) is 8.42. The van der Waals surface area contributed by atoms with E-state index in [1.807, 2.05) is 31.2 Å². The lowest BCUT2D eigenvalue weighted by atomic mass is 9.96. The number of imidazole rings is 1. The minimum absolute atomic E-state index is 0. The molecule has 3 N–H and O–H groups in total. The van der Waals surface area contributed by atoms with E-state index in [4.69, 9.17) is 21.3 Å². The third-order valence-corrected chi connectivity index (χ3v) is 6.35. The summed E-state index contributed by atoms with van der Waals surface area (Å²) in [4.78, 5) is 26.7. The van der Waals surface area contributed by atoms with Crippen LogP contribution in [0.2, 0.25) is 5.02 Å². The van der Waals surface area contributed by atoms with E-state index >= 15 is 0 Å². The summed E-state index contributed by atoms with van der Waals surface area (Å²) in [6.07, 6.45) is 6.91. The van der Waals surface area contributed by atoms with Gasteiger partial charge in [-0.15, -0.1) is 0 Å². The molecule has 0 aliphatic carbocycles. The van der Waals surface area contributed by atoms with Gasteiger partial charge in [0.25, 0.3) is 5.91 Å². The van der Waals surface area contributed by atoms with E-state index in [-0.39, 0.29) is 36.9 Å². The lowest BCUT2D eigenvalue weighted by molar-refractivity contribution is 0.0903. The monoisotopic (exact) mass is 559 g/mol. The molecule has 38 heavy (non-hydrogen) atoms. The molecule has 0 unspecified atom stereocenters. The highest BCUT2D eigenvalue weighted by atomic mass is 35.5. The first kappa shape index (κ1) is 29.9. The van der Waals surface area contributed by atoms with Crippen molar-refractivity contribution in [3.8, 4) is 5.82 Å². The zero-order valence-corrected chi connectivity index (χ0v) is 24.2. The maximum absolute atomic E-state index is 13.2. The topological polar surface area (TPSA) is 106 Å². The molecule has 0 radical (unpaired) electrons. The van der Waals surface area contributed by atoms with E-state index in [0.29, 0.717) is 29.0 Å². The molecule has 1 aromatic carbocycles. The van der Waals surface area contributed by atoms with Crippen molar-refractivity contribution in [2.24, 2.45) is 5.41 Å². The average Bonchev–Trinajstić information content (AvgIpc) is 3.35. The van der Waals surface area contributed by atoms with E-state index in [1.165, 1.54) is 0 Å². The maximum atomic E-state index is 13.2. The predicted octanol–water partition coefficient (Wildman–Crippen LogP) is 4.43. The maximum Gasteiger partial charge on any atom is 0.272 e. The fraction of sp³-hybridized carbons (Fsp3) is 0.481. The van der Waals surface area contributed by atoms with Crippen LogP contribution in [0.1, 0.15) is 61.3 Å². The number of aryl methyl sites for hydroxylation is 1. The zero-order valence-electron chi connectivity index (χ0n) is 22.4. The smallest absolute Gasteiger partial charge is 0.272 e. The molecule has 0 spiro atoms. The van der Waals surface area contributed by atoms with Crippen molar-refractivity contribution in [2.45, 2.75) is 52.6 Å². The number of amides is 1. The molecule has 2 aromatic heterocycles. The number of carbonyl (C=O) groups is 1. The number of halogens is 1. The summed E-state index contributed by atoms with van der Waals surface area (Å²) in [5, 5.41) is 10.6. The number of benzene rings is 1. The number of hydrogen-bond donors (Lipinski definition) is 3. The second-order valence-electron chi connectivity index (χ2n) is 10.7. The summed E-state index contributed by atoms with van der Waals surface area (Å²) in [6.45, 7) is 11.3. The van der Waals surface area contributed by atoms with Crippen molar-refractivity contribution in [3.05, 3.63) is 64.8 Å².